The number of fused-ring (bicyclic) bond motifs is 1. The van der Waals surface area contributed by atoms with Crippen LogP contribution in [-0.4, -0.2) is 76.7 Å². The number of ether oxygens (including phenoxy) is 1. The van der Waals surface area contributed by atoms with Crippen LogP contribution in [0.1, 0.15) is 29.9 Å². The Bertz CT molecular complexity index is 1410. The maximum atomic E-state index is 13.6. The molecule has 212 valence electrons. The minimum absolute atomic E-state index is 0.00793. The standard InChI is InChI=1S/C28H29ClF3N5O2S/c1-16-11-35(12-17(2)39-16)22-14-36(15-22)27-34-26(38)25(40-27)8-18-3-6-24-20(7-18)10-33-37(24)13-19-4-5-21(29)9-23(19)28(30,31)32/h3-10,16-17,22,24,38H,11-15H2,1-2H3/b18-8+/t16-,17+,24?. The molecule has 2 fully saturated rings. The number of anilines is 1. The van der Waals surface area contributed by atoms with Gasteiger partial charge >= 0.3 is 6.18 Å². The van der Waals surface area contributed by atoms with Crippen molar-refractivity contribution in [2.45, 2.75) is 50.9 Å². The van der Waals surface area contributed by atoms with Gasteiger partial charge < -0.3 is 14.7 Å². The van der Waals surface area contributed by atoms with Gasteiger partial charge in [-0.15, -0.1) is 0 Å². The number of halogens is 4. The van der Waals surface area contributed by atoms with E-state index in [0.717, 1.165) is 48.5 Å². The zero-order valence-corrected chi connectivity index (χ0v) is 23.5. The van der Waals surface area contributed by atoms with E-state index < -0.39 is 11.7 Å². The van der Waals surface area contributed by atoms with E-state index in [1.54, 1.807) is 11.2 Å². The average molecular weight is 592 g/mol. The van der Waals surface area contributed by atoms with Crippen LogP contribution in [0.2, 0.25) is 5.02 Å². The smallest absolute Gasteiger partial charge is 0.416 e. The molecule has 3 atom stereocenters. The minimum atomic E-state index is -4.51. The predicted molar refractivity (Wildman–Crippen MR) is 151 cm³/mol. The summed E-state index contributed by atoms with van der Waals surface area (Å²) in [7, 11) is 0. The molecule has 40 heavy (non-hydrogen) atoms. The Morgan fingerprint density at radius 3 is 2.65 bits per heavy atom. The molecule has 6 rings (SSSR count). The summed E-state index contributed by atoms with van der Waals surface area (Å²) >= 11 is 7.26. The van der Waals surface area contributed by atoms with Gasteiger partial charge in [-0.25, -0.2) is 0 Å². The number of hydrogen-bond donors (Lipinski definition) is 1. The molecule has 0 bridgehead atoms. The van der Waals surface area contributed by atoms with Gasteiger partial charge in [0.15, 0.2) is 5.13 Å². The molecule has 1 aromatic carbocycles. The third-order valence-corrected chi connectivity index (χ3v) is 8.84. The van der Waals surface area contributed by atoms with Gasteiger partial charge in [0.25, 0.3) is 0 Å². The first kappa shape index (κ1) is 27.3. The van der Waals surface area contributed by atoms with Crippen molar-refractivity contribution < 1.29 is 23.0 Å². The summed E-state index contributed by atoms with van der Waals surface area (Å²) in [4.78, 5) is 9.71. The highest BCUT2D eigenvalue weighted by atomic mass is 35.5. The lowest BCUT2D eigenvalue weighted by Gasteiger charge is -2.48. The Morgan fingerprint density at radius 2 is 1.93 bits per heavy atom. The summed E-state index contributed by atoms with van der Waals surface area (Å²) in [5, 5.41) is 17.4. The van der Waals surface area contributed by atoms with Crippen molar-refractivity contribution in [3.8, 4) is 5.88 Å². The first-order valence-corrected chi connectivity index (χ1v) is 14.3. The molecule has 0 saturated carbocycles. The molecule has 0 amide bonds. The molecule has 2 saturated heterocycles. The average Bonchev–Trinajstić information content (AvgIpc) is 3.40. The number of thiazole rings is 1. The van der Waals surface area contributed by atoms with Crippen LogP contribution in [0, 0.1) is 0 Å². The summed E-state index contributed by atoms with van der Waals surface area (Å²) in [6, 6.07) is 3.98. The molecular formula is C28H29ClF3N5O2S. The van der Waals surface area contributed by atoms with E-state index in [4.69, 9.17) is 16.3 Å². The molecule has 12 heteroatoms. The molecule has 1 aliphatic carbocycles. The van der Waals surface area contributed by atoms with E-state index in [-0.39, 0.29) is 41.3 Å². The van der Waals surface area contributed by atoms with Gasteiger partial charge in [0.1, 0.15) is 0 Å². The van der Waals surface area contributed by atoms with Crippen LogP contribution >= 0.6 is 22.9 Å². The van der Waals surface area contributed by atoms with Crippen molar-refractivity contribution in [1.29, 1.82) is 0 Å². The summed E-state index contributed by atoms with van der Waals surface area (Å²) in [6.07, 6.45) is 5.20. The molecule has 2 aromatic rings. The second-order valence-corrected chi connectivity index (χ2v) is 12.1. The highest BCUT2D eigenvalue weighted by molar-refractivity contribution is 7.16. The molecule has 1 aromatic heterocycles. The van der Waals surface area contributed by atoms with Gasteiger partial charge in [0.2, 0.25) is 5.88 Å². The lowest BCUT2D eigenvalue weighted by Crippen LogP contribution is -2.63. The predicted octanol–water partition coefficient (Wildman–Crippen LogP) is 5.57. The Hall–Kier alpha value is -2.86. The molecule has 0 spiro atoms. The summed E-state index contributed by atoms with van der Waals surface area (Å²) in [6.45, 7) is 7.78. The number of benzene rings is 1. The van der Waals surface area contributed by atoms with Crippen molar-refractivity contribution in [3.05, 3.63) is 68.6 Å². The first-order valence-electron chi connectivity index (χ1n) is 13.2. The Morgan fingerprint density at radius 1 is 1.18 bits per heavy atom. The van der Waals surface area contributed by atoms with Crippen LogP contribution in [0.25, 0.3) is 6.08 Å². The van der Waals surface area contributed by atoms with Gasteiger partial charge in [-0.2, -0.15) is 23.3 Å². The molecular weight excluding hydrogens is 563 g/mol. The SMILES string of the molecule is C[C@@H]1CN(C2CN(c3nc(O)c(/C=C4\C=CC5C(=C4)C=NN5Cc4ccc(Cl)cc4C(F)(F)F)s3)C2)C[C@H](C)O1. The third-order valence-electron chi connectivity index (χ3n) is 7.55. The van der Waals surface area contributed by atoms with E-state index in [0.29, 0.717) is 10.9 Å². The van der Waals surface area contributed by atoms with Crippen LogP contribution in [0.5, 0.6) is 5.88 Å². The number of allylic oxidation sites excluding steroid dienone is 3. The topological polar surface area (TPSA) is 64.4 Å². The summed E-state index contributed by atoms with van der Waals surface area (Å²) in [5.41, 5.74) is 1.07. The van der Waals surface area contributed by atoms with Gasteiger partial charge in [0, 0.05) is 42.8 Å². The fourth-order valence-electron chi connectivity index (χ4n) is 5.64. The number of nitrogens with zero attached hydrogens (tertiary/aromatic N) is 5. The maximum Gasteiger partial charge on any atom is 0.416 e. The van der Waals surface area contributed by atoms with Gasteiger partial charge in [-0.1, -0.05) is 41.2 Å². The van der Waals surface area contributed by atoms with Gasteiger partial charge in [-0.3, -0.25) is 9.91 Å². The summed E-state index contributed by atoms with van der Waals surface area (Å²) in [5.74, 6) is -0.0115. The van der Waals surface area contributed by atoms with E-state index in [2.05, 4.69) is 33.7 Å². The van der Waals surface area contributed by atoms with Crippen LogP contribution < -0.4 is 4.90 Å². The third kappa shape index (κ3) is 5.52. The van der Waals surface area contributed by atoms with E-state index in [1.807, 2.05) is 24.3 Å². The van der Waals surface area contributed by atoms with E-state index in [9.17, 15) is 18.3 Å². The number of rotatable bonds is 5. The van der Waals surface area contributed by atoms with Crippen molar-refractivity contribution in [2.75, 3.05) is 31.1 Å². The lowest BCUT2D eigenvalue weighted by molar-refractivity contribution is -0.138. The van der Waals surface area contributed by atoms with Crippen LogP contribution in [0.15, 0.2) is 52.7 Å². The highest BCUT2D eigenvalue weighted by Crippen LogP contribution is 2.38. The van der Waals surface area contributed by atoms with Crippen LogP contribution in [0.3, 0.4) is 0 Å². The zero-order chi connectivity index (χ0) is 28.2. The molecule has 1 unspecified atom stereocenters. The largest absolute Gasteiger partial charge is 0.492 e. The van der Waals surface area contributed by atoms with Crippen molar-refractivity contribution in [2.24, 2.45) is 5.10 Å². The molecule has 1 N–H and O–H groups in total. The van der Waals surface area contributed by atoms with Crippen molar-refractivity contribution >= 4 is 40.4 Å². The zero-order valence-electron chi connectivity index (χ0n) is 22.0. The number of hydrazone groups is 1. The molecule has 4 aliphatic rings. The van der Waals surface area contributed by atoms with Gasteiger partial charge in [0.05, 0.1) is 41.4 Å². The monoisotopic (exact) mass is 591 g/mol. The van der Waals surface area contributed by atoms with E-state index in [1.165, 1.54) is 23.5 Å². The molecule has 7 nitrogen and oxygen atoms in total. The first-order chi connectivity index (χ1) is 19.0. The van der Waals surface area contributed by atoms with Crippen LogP contribution in [-0.2, 0) is 17.5 Å². The molecule has 4 heterocycles. The van der Waals surface area contributed by atoms with Gasteiger partial charge in [-0.05, 0) is 49.3 Å². The number of aromatic hydroxyl groups is 1. The lowest BCUT2D eigenvalue weighted by atomic mass is 9.97. The Kier molecular flexibility index (Phi) is 7.18. The Labute approximate surface area is 239 Å². The summed E-state index contributed by atoms with van der Waals surface area (Å²) < 4.78 is 46.5. The number of alkyl halides is 3. The van der Waals surface area contributed by atoms with E-state index >= 15 is 0 Å². The maximum absolute atomic E-state index is 13.6. The molecule has 3 aliphatic heterocycles. The normalized spacial score (nSPS) is 26.4. The fourth-order valence-corrected chi connectivity index (χ4v) is 6.75. The molecule has 0 radical (unpaired) electrons. The number of morpholine rings is 1. The number of aromatic nitrogens is 1. The number of hydrogen-bond acceptors (Lipinski definition) is 8. The second kappa shape index (κ2) is 10.5. The second-order valence-electron chi connectivity index (χ2n) is 10.7. The highest BCUT2D eigenvalue weighted by Gasteiger charge is 2.38. The van der Waals surface area contributed by atoms with Crippen molar-refractivity contribution in [3.63, 3.8) is 0 Å². The van der Waals surface area contributed by atoms with Crippen LogP contribution in [0.4, 0.5) is 18.3 Å². The van der Waals surface area contributed by atoms with Crippen molar-refractivity contribution in [1.82, 2.24) is 14.9 Å². The Balaban J connectivity index is 1.11. The fraction of sp³-hybridized carbons (Fsp3) is 0.429. The minimum Gasteiger partial charge on any atom is -0.492 e. The quantitative estimate of drug-likeness (QED) is 0.491.